The summed E-state index contributed by atoms with van der Waals surface area (Å²) in [6, 6.07) is 0. The van der Waals surface area contributed by atoms with Crippen LogP contribution in [0.4, 0.5) is 5.82 Å². The van der Waals surface area contributed by atoms with Crippen molar-refractivity contribution in [3.05, 3.63) is 34.5 Å². The molecular weight excluding hydrogens is 262 g/mol. The van der Waals surface area contributed by atoms with Crippen molar-refractivity contribution in [1.29, 1.82) is 0 Å². The van der Waals surface area contributed by atoms with Gasteiger partial charge in [-0.3, -0.25) is 5.10 Å². The second-order valence-corrected chi connectivity index (χ2v) is 5.95. The summed E-state index contributed by atoms with van der Waals surface area (Å²) in [5, 5.41) is 7.79. The third-order valence-corrected chi connectivity index (χ3v) is 4.45. The fourth-order valence-corrected chi connectivity index (χ4v) is 3.07. The molecule has 0 radical (unpaired) electrons. The summed E-state index contributed by atoms with van der Waals surface area (Å²) >= 11 is 0. The Hall–Kier alpha value is -1.91. The SMILES string of the molecule is Cc1ncnc(N(C)Cc2n[nH]c3c2CCCCC3)c1C. The molecule has 0 aromatic carbocycles. The van der Waals surface area contributed by atoms with Crippen molar-refractivity contribution in [3.63, 3.8) is 0 Å². The predicted octanol–water partition coefficient (Wildman–Crippen LogP) is 2.72. The van der Waals surface area contributed by atoms with E-state index in [9.17, 15) is 0 Å². The highest BCUT2D eigenvalue weighted by atomic mass is 15.2. The number of nitrogens with one attached hydrogen (secondary N) is 1. The summed E-state index contributed by atoms with van der Waals surface area (Å²) in [5.41, 5.74) is 6.12. The first-order chi connectivity index (χ1) is 10.2. The molecule has 0 saturated heterocycles. The van der Waals surface area contributed by atoms with E-state index in [2.05, 4.69) is 39.0 Å². The van der Waals surface area contributed by atoms with Gasteiger partial charge in [-0.2, -0.15) is 5.10 Å². The van der Waals surface area contributed by atoms with Crippen LogP contribution in [0.5, 0.6) is 0 Å². The third kappa shape index (κ3) is 2.77. The number of aromatic nitrogens is 4. The van der Waals surface area contributed by atoms with Crippen molar-refractivity contribution in [2.75, 3.05) is 11.9 Å². The van der Waals surface area contributed by atoms with Gasteiger partial charge >= 0.3 is 0 Å². The number of H-pyrrole nitrogens is 1. The lowest BCUT2D eigenvalue weighted by Gasteiger charge is -2.20. The Bertz CT molecular complexity index is 632. The van der Waals surface area contributed by atoms with Crippen LogP contribution in [0.2, 0.25) is 0 Å². The van der Waals surface area contributed by atoms with E-state index >= 15 is 0 Å². The Labute approximate surface area is 125 Å². The van der Waals surface area contributed by atoms with Crippen LogP contribution in [0.25, 0.3) is 0 Å². The predicted molar refractivity (Wildman–Crippen MR) is 83.5 cm³/mol. The van der Waals surface area contributed by atoms with Gasteiger partial charge in [-0.25, -0.2) is 9.97 Å². The average Bonchev–Trinajstić information content (AvgIpc) is 2.71. The van der Waals surface area contributed by atoms with Crippen LogP contribution in [0.15, 0.2) is 6.33 Å². The number of rotatable bonds is 3. The van der Waals surface area contributed by atoms with Crippen LogP contribution >= 0.6 is 0 Å². The first-order valence-electron chi connectivity index (χ1n) is 7.71. The molecule has 1 aliphatic carbocycles. The highest BCUT2D eigenvalue weighted by Crippen LogP contribution is 2.24. The Morgan fingerprint density at radius 3 is 2.81 bits per heavy atom. The van der Waals surface area contributed by atoms with Crippen LogP contribution in [0, 0.1) is 13.8 Å². The van der Waals surface area contributed by atoms with Gasteiger partial charge in [-0.05, 0) is 45.1 Å². The highest BCUT2D eigenvalue weighted by molar-refractivity contribution is 5.47. The first kappa shape index (κ1) is 14.0. The fraction of sp³-hybridized carbons (Fsp3) is 0.562. The van der Waals surface area contributed by atoms with E-state index in [1.807, 2.05) is 6.92 Å². The number of aromatic amines is 1. The molecule has 0 atom stereocenters. The Morgan fingerprint density at radius 1 is 1.14 bits per heavy atom. The zero-order valence-electron chi connectivity index (χ0n) is 13.1. The van der Waals surface area contributed by atoms with Crippen molar-refractivity contribution in [2.24, 2.45) is 0 Å². The van der Waals surface area contributed by atoms with Crippen molar-refractivity contribution in [3.8, 4) is 0 Å². The molecule has 0 aliphatic heterocycles. The van der Waals surface area contributed by atoms with Crippen LogP contribution < -0.4 is 4.90 Å². The van der Waals surface area contributed by atoms with E-state index in [1.165, 1.54) is 36.2 Å². The largest absolute Gasteiger partial charge is 0.353 e. The molecule has 1 aliphatic rings. The lowest BCUT2D eigenvalue weighted by molar-refractivity contribution is 0.696. The minimum absolute atomic E-state index is 0.795. The molecule has 1 N–H and O–H groups in total. The summed E-state index contributed by atoms with van der Waals surface area (Å²) < 4.78 is 0. The molecule has 0 amide bonds. The van der Waals surface area contributed by atoms with E-state index in [0.717, 1.165) is 36.5 Å². The molecule has 0 fully saturated rings. The topological polar surface area (TPSA) is 57.7 Å². The van der Waals surface area contributed by atoms with Crippen molar-refractivity contribution >= 4 is 5.82 Å². The maximum absolute atomic E-state index is 4.55. The molecule has 0 unspecified atom stereocenters. The van der Waals surface area contributed by atoms with E-state index in [1.54, 1.807) is 6.33 Å². The van der Waals surface area contributed by atoms with E-state index < -0.39 is 0 Å². The lowest BCUT2D eigenvalue weighted by Crippen LogP contribution is -2.20. The summed E-state index contributed by atoms with van der Waals surface area (Å²) in [6.45, 7) is 4.89. The van der Waals surface area contributed by atoms with Gasteiger partial charge in [0.1, 0.15) is 12.1 Å². The zero-order valence-corrected chi connectivity index (χ0v) is 13.1. The Kier molecular flexibility index (Phi) is 3.90. The van der Waals surface area contributed by atoms with E-state index in [4.69, 9.17) is 0 Å². The maximum Gasteiger partial charge on any atom is 0.135 e. The molecular formula is C16H23N5. The fourth-order valence-electron chi connectivity index (χ4n) is 3.07. The normalized spacial score (nSPS) is 14.6. The average molecular weight is 285 g/mol. The number of anilines is 1. The summed E-state index contributed by atoms with van der Waals surface area (Å²) in [4.78, 5) is 10.8. The standard InChI is InChI=1S/C16H23N5/c1-11-12(2)17-10-18-16(11)21(3)9-15-13-7-5-4-6-8-14(13)19-20-15/h10H,4-9H2,1-3H3,(H,19,20). The third-order valence-electron chi connectivity index (χ3n) is 4.45. The highest BCUT2D eigenvalue weighted by Gasteiger charge is 2.18. The number of nitrogens with zero attached hydrogens (tertiary/aromatic N) is 4. The van der Waals surface area contributed by atoms with Gasteiger partial charge in [-0.15, -0.1) is 0 Å². The molecule has 2 aromatic heterocycles. The molecule has 0 spiro atoms. The first-order valence-corrected chi connectivity index (χ1v) is 7.71. The summed E-state index contributed by atoms with van der Waals surface area (Å²) in [6.07, 6.45) is 7.79. The molecule has 5 heteroatoms. The van der Waals surface area contributed by atoms with E-state index in [-0.39, 0.29) is 0 Å². The smallest absolute Gasteiger partial charge is 0.135 e. The molecule has 21 heavy (non-hydrogen) atoms. The molecule has 112 valence electrons. The number of hydrogen-bond donors (Lipinski definition) is 1. The van der Waals surface area contributed by atoms with Gasteiger partial charge < -0.3 is 4.90 Å². The molecule has 3 rings (SSSR count). The van der Waals surface area contributed by atoms with Crippen molar-refractivity contribution in [2.45, 2.75) is 52.5 Å². The van der Waals surface area contributed by atoms with Gasteiger partial charge in [0.2, 0.25) is 0 Å². The number of hydrogen-bond acceptors (Lipinski definition) is 4. The molecule has 0 bridgehead atoms. The zero-order chi connectivity index (χ0) is 14.8. The van der Waals surface area contributed by atoms with Gasteiger partial charge in [0, 0.05) is 24.0 Å². The van der Waals surface area contributed by atoms with E-state index in [0.29, 0.717) is 0 Å². The summed E-state index contributed by atoms with van der Waals surface area (Å²) in [7, 11) is 2.08. The quantitative estimate of drug-likeness (QED) is 0.881. The number of fused-ring (bicyclic) bond motifs is 1. The molecule has 2 aromatic rings. The van der Waals surface area contributed by atoms with Gasteiger partial charge in [0.05, 0.1) is 12.2 Å². The van der Waals surface area contributed by atoms with Crippen LogP contribution in [0.1, 0.15) is 47.5 Å². The van der Waals surface area contributed by atoms with Crippen LogP contribution in [-0.4, -0.2) is 27.2 Å². The maximum atomic E-state index is 4.55. The van der Waals surface area contributed by atoms with Crippen LogP contribution in [-0.2, 0) is 19.4 Å². The van der Waals surface area contributed by atoms with Crippen molar-refractivity contribution < 1.29 is 0 Å². The number of aryl methyl sites for hydroxylation is 2. The lowest BCUT2D eigenvalue weighted by atomic mass is 10.1. The summed E-state index contributed by atoms with van der Waals surface area (Å²) in [5.74, 6) is 0.993. The van der Waals surface area contributed by atoms with Gasteiger partial charge in [-0.1, -0.05) is 6.42 Å². The van der Waals surface area contributed by atoms with Crippen LogP contribution in [0.3, 0.4) is 0 Å². The molecule has 5 nitrogen and oxygen atoms in total. The molecule has 0 saturated carbocycles. The van der Waals surface area contributed by atoms with Gasteiger partial charge in [0.15, 0.2) is 0 Å². The minimum Gasteiger partial charge on any atom is -0.353 e. The second-order valence-electron chi connectivity index (χ2n) is 5.95. The van der Waals surface area contributed by atoms with Crippen molar-refractivity contribution in [1.82, 2.24) is 20.2 Å². The monoisotopic (exact) mass is 285 g/mol. The minimum atomic E-state index is 0.795. The Balaban J connectivity index is 1.83. The molecule has 2 heterocycles. The second kappa shape index (κ2) is 5.84. The van der Waals surface area contributed by atoms with Gasteiger partial charge in [0.25, 0.3) is 0 Å². The Morgan fingerprint density at radius 2 is 1.95 bits per heavy atom.